The number of carboxylic acids is 1. The standard InChI is InChI=1S/C17H23NO5/c1-16(2,3)23-15(21)18-10-9-17(14(19)20)13-7-5-4-6-12(13)8-11-22-17/h4-7H,8-11H2,1-3H3,(H,18,21)(H,19,20)/t17-/m1/s1. The number of aliphatic carboxylic acids is 1. The zero-order chi connectivity index (χ0) is 17.1. The highest BCUT2D eigenvalue weighted by Gasteiger charge is 2.44. The van der Waals surface area contributed by atoms with E-state index >= 15 is 0 Å². The van der Waals surface area contributed by atoms with E-state index in [1.54, 1.807) is 32.9 Å². The van der Waals surface area contributed by atoms with E-state index in [1.807, 2.05) is 12.1 Å². The van der Waals surface area contributed by atoms with Crippen molar-refractivity contribution in [2.45, 2.75) is 44.8 Å². The molecule has 0 bridgehead atoms. The number of benzene rings is 1. The highest BCUT2D eigenvalue weighted by Crippen LogP contribution is 2.36. The van der Waals surface area contributed by atoms with Crippen LogP contribution in [0.3, 0.4) is 0 Å². The second kappa shape index (κ2) is 6.58. The van der Waals surface area contributed by atoms with E-state index in [9.17, 15) is 14.7 Å². The molecule has 2 rings (SSSR count). The largest absolute Gasteiger partial charge is 0.479 e. The van der Waals surface area contributed by atoms with Crippen molar-refractivity contribution in [2.75, 3.05) is 13.2 Å². The molecule has 1 amide bonds. The van der Waals surface area contributed by atoms with Crippen LogP contribution >= 0.6 is 0 Å². The first-order valence-corrected chi connectivity index (χ1v) is 7.67. The first-order chi connectivity index (χ1) is 10.7. The van der Waals surface area contributed by atoms with Crippen molar-refractivity contribution in [3.8, 4) is 0 Å². The molecule has 2 N–H and O–H groups in total. The molecule has 1 aromatic carbocycles. The van der Waals surface area contributed by atoms with E-state index in [0.717, 1.165) is 5.56 Å². The van der Waals surface area contributed by atoms with Gasteiger partial charge in [0.1, 0.15) is 5.60 Å². The molecule has 0 aromatic heterocycles. The first-order valence-electron chi connectivity index (χ1n) is 7.67. The number of alkyl carbamates (subject to hydrolysis) is 1. The Bertz CT molecular complexity index is 593. The van der Waals surface area contributed by atoms with E-state index in [0.29, 0.717) is 18.6 Å². The van der Waals surface area contributed by atoms with Gasteiger partial charge in [-0.3, -0.25) is 0 Å². The van der Waals surface area contributed by atoms with E-state index in [-0.39, 0.29) is 13.0 Å². The van der Waals surface area contributed by atoms with Crippen molar-refractivity contribution in [1.82, 2.24) is 5.32 Å². The fourth-order valence-corrected chi connectivity index (χ4v) is 2.69. The average molecular weight is 321 g/mol. The van der Waals surface area contributed by atoms with Crippen LogP contribution in [-0.4, -0.2) is 35.9 Å². The van der Waals surface area contributed by atoms with Crippen molar-refractivity contribution in [3.05, 3.63) is 35.4 Å². The highest BCUT2D eigenvalue weighted by molar-refractivity contribution is 5.80. The lowest BCUT2D eigenvalue weighted by Crippen LogP contribution is -2.45. The van der Waals surface area contributed by atoms with Crippen LogP contribution in [0.25, 0.3) is 0 Å². The predicted molar refractivity (Wildman–Crippen MR) is 84.3 cm³/mol. The second-order valence-corrected chi connectivity index (χ2v) is 6.57. The summed E-state index contributed by atoms with van der Waals surface area (Å²) < 4.78 is 10.8. The molecule has 1 aromatic rings. The van der Waals surface area contributed by atoms with Gasteiger partial charge in [0, 0.05) is 13.0 Å². The Morgan fingerprint density at radius 1 is 1.35 bits per heavy atom. The third kappa shape index (κ3) is 4.01. The zero-order valence-corrected chi connectivity index (χ0v) is 13.7. The Kier molecular flexibility index (Phi) is 4.94. The Morgan fingerprint density at radius 2 is 2.04 bits per heavy atom. The van der Waals surface area contributed by atoms with Crippen LogP contribution in [0.2, 0.25) is 0 Å². The van der Waals surface area contributed by atoms with Crippen LogP contribution in [0.1, 0.15) is 38.3 Å². The summed E-state index contributed by atoms with van der Waals surface area (Å²) in [5, 5.41) is 12.3. The molecule has 0 fully saturated rings. The summed E-state index contributed by atoms with van der Waals surface area (Å²) in [7, 11) is 0. The Balaban J connectivity index is 2.09. The molecule has 0 aliphatic carbocycles. The van der Waals surface area contributed by atoms with E-state index < -0.39 is 23.3 Å². The van der Waals surface area contributed by atoms with Crippen molar-refractivity contribution in [1.29, 1.82) is 0 Å². The van der Waals surface area contributed by atoms with Crippen LogP contribution in [0, 0.1) is 0 Å². The number of fused-ring (bicyclic) bond motifs is 1. The third-order valence-electron chi connectivity index (χ3n) is 3.66. The summed E-state index contributed by atoms with van der Waals surface area (Å²) in [6.45, 7) is 5.80. The van der Waals surface area contributed by atoms with E-state index in [1.165, 1.54) is 0 Å². The molecule has 1 aliphatic heterocycles. The first kappa shape index (κ1) is 17.3. The lowest BCUT2D eigenvalue weighted by atomic mass is 9.84. The number of nitrogens with one attached hydrogen (secondary N) is 1. The molecular formula is C17H23NO5. The maximum atomic E-state index is 11.9. The maximum absolute atomic E-state index is 11.9. The molecular weight excluding hydrogens is 298 g/mol. The molecule has 1 aliphatic rings. The number of amides is 1. The molecule has 6 nitrogen and oxygen atoms in total. The van der Waals surface area contributed by atoms with E-state index in [4.69, 9.17) is 9.47 Å². The van der Waals surface area contributed by atoms with Gasteiger partial charge in [-0.25, -0.2) is 9.59 Å². The number of hydrogen-bond acceptors (Lipinski definition) is 4. The normalized spacial score (nSPS) is 20.5. The van der Waals surface area contributed by atoms with Crippen LogP contribution < -0.4 is 5.32 Å². The summed E-state index contributed by atoms with van der Waals surface area (Å²) in [4.78, 5) is 23.6. The summed E-state index contributed by atoms with van der Waals surface area (Å²) in [5.74, 6) is -1.05. The molecule has 23 heavy (non-hydrogen) atoms. The molecule has 1 atom stereocenters. The maximum Gasteiger partial charge on any atom is 0.407 e. The lowest BCUT2D eigenvalue weighted by Gasteiger charge is -2.35. The Hall–Kier alpha value is -2.08. The molecule has 0 unspecified atom stereocenters. The van der Waals surface area contributed by atoms with Crippen molar-refractivity contribution < 1.29 is 24.2 Å². The van der Waals surface area contributed by atoms with Gasteiger partial charge in [0.05, 0.1) is 6.61 Å². The number of hydrogen-bond donors (Lipinski definition) is 2. The van der Waals surface area contributed by atoms with Gasteiger partial charge in [0.15, 0.2) is 5.60 Å². The van der Waals surface area contributed by atoms with Gasteiger partial charge >= 0.3 is 12.1 Å². The van der Waals surface area contributed by atoms with Gasteiger partial charge in [0.2, 0.25) is 0 Å². The molecule has 0 saturated heterocycles. The van der Waals surface area contributed by atoms with Crippen molar-refractivity contribution in [2.24, 2.45) is 0 Å². The summed E-state index contributed by atoms with van der Waals surface area (Å²) in [6.07, 6.45) is 0.255. The minimum absolute atomic E-state index is 0.137. The van der Waals surface area contributed by atoms with Gasteiger partial charge < -0.3 is 19.9 Å². The van der Waals surface area contributed by atoms with Crippen LogP contribution in [0.4, 0.5) is 4.79 Å². The Morgan fingerprint density at radius 3 is 2.70 bits per heavy atom. The Labute approximate surface area is 135 Å². The van der Waals surface area contributed by atoms with Gasteiger partial charge in [-0.1, -0.05) is 24.3 Å². The van der Waals surface area contributed by atoms with E-state index in [2.05, 4.69) is 5.32 Å². The number of ether oxygens (including phenoxy) is 2. The van der Waals surface area contributed by atoms with Gasteiger partial charge in [-0.05, 0) is 38.3 Å². The molecule has 126 valence electrons. The topological polar surface area (TPSA) is 84.9 Å². The van der Waals surface area contributed by atoms with Gasteiger partial charge in [-0.2, -0.15) is 0 Å². The lowest BCUT2D eigenvalue weighted by molar-refractivity contribution is -0.171. The highest BCUT2D eigenvalue weighted by atomic mass is 16.6. The molecule has 0 saturated carbocycles. The molecule has 1 heterocycles. The number of carboxylic acid groups (broad SMARTS) is 1. The van der Waals surface area contributed by atoms with Crippen LogP contribution in [-0.2, 0) is 26.3 Å². The van der Waals surface area contributed by atoms with Crippen LogP contribution in [0.5, 0.6) is 0 Å². The van der Waals surface area contributed by atoms with Crippen LogP contribution in [0.15, 0.2) is 24.3 Å². The number of carbonyl (C=O) groups is 2. The third-order valence-corrected chi connectivity index (χ3v) is 3.66. The fraction of sp³-hybridized carbons (Fsp3) is 0.529. The van der Waals surface area contributed by atoms with Crippen molar-refractivity contribution >= 4 is 12.1 Å². The minimum atomic E-state index is -1.43. The molecule has 0 spiro atoms. The average Bonchev–Trinajstić information content (AvgIpc) is 2.45. The summed E-state index contributed by atoms with van der Waals surface area (Å²) in [6, 6.07) is 7.37. The SMILES string of the molecule is CC(C)(C)OC(=O)NCC[C@@]1(C(=O)O)OCCc2ccccc21. The monoisotopic (exact) mass is 321 g/mol. The quantitative estimate of drug-likeness (QED) is 0.890. The molecule has 0 radical (unpaired) electrons. The second-order valence-electron chi connectivity index (χ2n) is 6.57. The minimum Gasteiger partial charge on any atom is -0.479 e. The molecule has 6 heteroatoms. The summed E-state index contributed by atoms with van der Waals surface area (Å²) >= 11 is 0. The number of carbonyl (C=O) groups excluding carboxylic acids is 1. The van der Waals surface area contributed by atoms with Gasteiger partial charge in [-0.15, -0.1) is 0 Å². The smallest absolute Gasteiger partial charge is 0.407 e. The summed E-state index contributed by atoms with van der Waals surface area (Å²) in [5.41, 5.74) is -0.394. The zero-order valence-electron chi connectivity index (χ0n) is 13.7. The fourth-order valence-electron chi connectivity index (χ4n) is 2.69. The number of rotatable bonds is 4. The van der Waals surface area contributed by atoms with Crippen molar-refractivity contribution in [3.63, 3.8) is 0 Å². The van der Waals surface area contributed by atoms with Gasteiger partial charge in [0.25, 0.3) is 0 Å². The predicted octanol–water partition coefficient (Wildman–Crippen LogP) is 2.45.